The van der Waals surface area contributed by atoms with Crippen molar-refractivity contribution in [2.45, 2.75) is 30.5 Å². The first kappa shape index (κ1) is 17.6. The van der Waals surface area contributed by atoms with E-state index in [1.165, 1.54) is 0 Å². The smallest absolute Gasteiger partial charge is 0.374 e. The van der Waals surface area contributed by atoms with Crippen molar-refractivity contribution in [3.8, 4) is 0 Å². The number of carboxylic acid groups (broad SMARTS) is 1. The van der Waals surface area contributed by atoms with Gasteiger partial charge in [-0.3, -0.25) is 0 Å². The second kappa shape index (κ2) is 7.23. The van der Waals surface area contributed by atoms with Gasteiger partial charge in [-0.2, -0.15) is 0 Å². The van der Waals surface area contributed by atoms with Gasteiger partial charge in [0.2, 0.25) is 5.76 Å². The Morgan fingerprint density at radius 2 is 1.32 bits per heavy atom. The van der Waals surface area contributed by atoms with Crippen molar-refractivity contribution in [3.63, 3.8) is 0 Å². The van der Waals surface area contributed by atoms with Gasteiger partial charge in [-0.05, 0) is 0 Å². The molecule has 5 atom stereocenters. The predicted octanol–water partition coefficient (Wildman–Crippen LogP) is -3.80. The lowest BCUT2D eigenvalue weighted by molar-refractivity contribution is -0.142. The average Bonchev–Trinajstić information content (AvgIpc) is 2.40. The van der Waals surface area contributed by atoms with Crippen LogP contribution < -0.4 is 0 Å². The fourth-order valence-electron chi connectivity index (χ4n) is 1.14. The molecule has 9 N–H and O–H groups in total. The van der Waals surface area contributed by atoms with E-state index in [2.05, 4.69) is 0 Å². The Morgan fingerprint density at radius 3 is 1.68 bits per heavy atom. The van der Waals surface area contributed by atoms with E-state index in [1.807, 2.05) is 0 Å². The highest BCUT2D eigenvalue weighted by atomic mass is 16.4. The normalized spacial score (nSPS) is 20.9. The van der Waals surface area contributed by atoms with Gasteiger partial charge in [0.15, 0.2) is 5.76 Å². The molecule has 0 aromatic rings. The third-order valence-electron chi connectivity index (χ3n) is 2.33. The summed E-state index contributed by atoms with van der Waals surface area (Å²) in [6.07, 6.45) is -10.9. The zero-order valence-electron chi connectivity index (χ0n) is 9.53. The van der Waals surface area contributed by atoms with Crippen molar-refractivity contribution in [2.24, 2.45) is 0 Å². The Hall–Kier alpha value is -1.43. The lowest BCUT2D eigenvalue weighted by Gasteiger charge is -2.28. The van der Waals surface area contributed by atoms with Gasteiger partial charge >= 0.3 is 5.97 Å². The molecule has 10 heteroatoms. The molecule has 0 aromatic heterocycles. The van der Waals surface area contributed by atoms with E-state index in [1.54, 1.807) is 0 Å². The van der Waals surface area contributed by atoms with Crippen LogP contribution in [-0.4, -0.2) is 89.1 Å². The quantitative estimate of drug-likeness (QED) is 0.165. The number of hydrogen-bond acceptors (Lipinski definition) is 9. The molecule has 0 amide bonds. The SMILES string of the molecule is O=C(O)C(O)=C(O)[C@@H](O)[C@@H](O)[C@@H](O)[C@H](O)[C@H](O)CO. The number of aliphatic hydroxyl groups is 8. The van der Waals surface area contributed by atoms with E-state index in [0.717, 1.165) is 0 Å². The summed E-state index contributed by atoms with van der Waals surface area (Å²) >= 11 is 0. The van der Waals surface area contributed by atoms with Crippen molar-refractivity contribution in [2.75, 3.05) is 6.61 Å². The Kier molecular flexibility index (Phi) is 6.69. The van der Waals surface area contributed by atoms with E-state index < -0.39 is 54.6 Å². The maximum atomic E-state index is 10.3. The molecule has 0 spiro atoms. The molecule has 0 aliphatic rings. The van der Waals surface area contributed by atoms with Gasteiger partial charge in [-0.15, -0.1) is 0 Å². The molecule has 0 bridgehead atoms. The maximum absolute atomic E-state index is 10.3. The largest absolute Gasteiger partial charge is 0.506 e. The van der Waals surface area contributed by atoms with Crippen molar-refractivity contribution >= 4 is 5.97 Å². The van der Waals surface area contributed by atoms with Gasteiger partial charge in [-0.1, -0.05) is 0 Å². The average molecular weight is 284 g/mol. The topological polar surface area (TPSA) is 199 Å². The highest BCUT2D eigenvalue weighted by Crippen LogP contribution is 2.14. The molecule has 0 heterocycles. The summed E-state index contributed by atoms with van der Waals surface area (Å²) in [5, 5.41) is 80.9. The zero-order chi connectivity index (χ0) is 15.3. The van der Waals surface area contributed by atoms with E-state index >= 15 is 0 Å². The summed E-state index contributed by atoms with van der Waals surface area (Å²) < 4.78 is 0. The number of carbonyl (C=O) groups is 1. The number of rotatable bonds is 7. The van der Waals surface area contributed by atoms with Crippen LogP contribution in [0.15, 0.2) is 11.5 Å². The summed E-state index contributed by atoms with van der Waals surface area (Å²) in [6, 6.07) is 0. The molecule has 0 saturated carbocycles. The van der Waals surface area contributed by atoms with Crippen LogP contribution in [-0.2, 0) is 4.79 Å². The van der Waals surface area contributed by atoms with Crippen LogP contribution in [0, 0.1) is 0 Å². The molecule has 0 saturated heterocycles. The summed E-state index contributed by atoms with van der Waals surface area (Å²) in [5.74, 6) is -5.19. The number of hydrogen-bond donors (Lipinski definition) is 9. The molecule has 0 unspecified atom stereocenters. The highest BCUT2D eigenvalue weighted by molar-refractivity contribution is 5.84. The van der Waals surface area contributed by atoms with E-state index in [-0.39, 0.29) is 0 Å². The lowest BCUT2D eigenvalue weighted by Crippen LogP contribution is -2.50. The summed E-state index contributed by atoms with van der Waals surface area (Å²) in [6.45, 7) is -0.955. The minimum absolute atomic E-state index is 0.955. The molecule has 0 radical (unpaired) electrons. The van der Waals surface area contributed by atoms with Crippen LogP contribution in [0.4, 0.5) is 0 Å². The van der Waals surface area contributed by atoms with Gasteiger partial charge in [-0.25, -0.2) is 4.79 Å². The van der Waals surface area contributed by atoms with Gasteiger partial charge in [0.1, 0.15) is 30.5 Å². The standard InChI is InChI=1S/C9H16O10/c10-1-2(11)3(12)4(13)5(14)6(15)7(16)8(17)9(18)19/h2-6,10-17H,1H2,(H,18,19)/t2-,3-,4+,5+,6+/m1/s1. The molecule has 112 valence electrons. The molecule has 0 aliphatic heterocycles. The third-order valence-corrected chi connectivity index (χ3v) is 2.33. The first-order valence-corrected chi connectivity index (χ1v) is 5.01. The Morgan fingerprint density at radius 1 is 0.842 bits per heavy atom. The van der Waals surface area contributed by atoms with Crippen molar-refractivity contribution in [1.29, 1.82) is 0 Å². The fourth-order valence-corrected chi connectivity index (χ4v) is 1.14. The minimum Gasteiger partial charge on any atom is -0.506 e. The Balaban J connectivity index is 4.96. The fraction of sp³-hybridized carbons (Fsp3) is 0.667. The van der Waals surface area contributed by atoms with E-state index in [4.69, 9.17) is 25.5 Å². The lowest BCUT2D eigenvalue weighted by atomic mass is 9.98. The summed E-state index contributed by atoms with van der Waals surface area (Å²) in [7, 11) is 0. The first-order chi connectivity index (χ1) is 8.64. The molecule has 0 aromatic carbocycles. The van der Waals surface area contributed by atoms with Crippen LogP contribution in [0.5, 0.6) is 0 Å². The zero-order valence-corrected chi connectivity index (χ0v) is 9.53. The summed E-state index contributed by atoms with van der Waals surface area (Å²) in [4.78, 5) is 10.3. The van der Waals surface area contributed by atoms with Crippen LogP contribution in [0.25, 0.3) is 0 Å². The second-order valence-electron chi connectivity index (χ2n) is 3.71. The molecule has 0 fully saturated rings. The van der Waals surface area contributed by atoms with E-state index in [9.17, 15) is 25.2 Å². The Bertz CT molecular complexity index is 340. The molecule has 19 heavy (non-hydrogen) atoms. The minimum atomic E-state index is -2.42. The molecular weight excluding hydrogens is 268 g/mol. The molecular formula is C9H16O10. The van der Waals surface area contributed by atoms with Crippen LogP contribution in [0.3, 0.4) is 0 Å². The monoisotopic (exact) mass is 284 g/mol. The second-order valence-corrected chi connectivity index (χ2v) is 3.71. The van der Waals surface area contributed by atoms with Crippen LogP contribution in [0.1, 0.15) is 0 Å². The molecule has 10 nitrogen and oxygen atoms in total. The number of carboxylic acids is 1. The maximum Gasteiger partial charge on any atom is 0.374 e. The number of aliphatic carboxylic acids is 1. The first-order valence-electron chi connectivity index (χ1n) is 5.01. The van der Waals surface area contributed by atoms with Gasteiger partial charge in [0.05, 0.1) is 6.61 Å². The van der Waals surface area contributed by atoms with Gasteiger partial charge < -0.3 is 46.0 Å². The van der Waals surface area contributed by atoms with Crippen LogP contribution >= 0.6 is 0 Å². The summed E-state index contributed by atoms with van der Waals surface area (Å²) in [5.41, 5.74) is 0. The van der Waals surface area contributed by atoms with Gasteiger partial charge in [0.25, 0.3) is 0 Å². The van der Waals surface area contributed by atoms with Crippen molar-refractivity contribution < 1.29 is 50.8 Å². The van der Waals surface area contributed by atoms with Crippen molar-refractivity contribution in [3.05, 3.63) is 11.5 Å². The van der Waals surface area contributed by atoms with E-state index in [0.29, 0.717) is 0 Å². The Labute approximate surface area is 106 Å². The molecule has 0 rings (SSSR count). The number of aliphatic hydroxyl groups excluding tert-OH is 8. The predicted molar refractivity (Wildman–Crippen MR) is 57.0 cm³/mol. The van der Waals surface area contributed by atoms with Crippen molar-refractivity contribution in [1.82, 2.24) is 0 Å². The van der Waals surface area contributed by atoms with Crippen LogP contribution in [0.2, 0.25) is 0 Å². The highest BCUT2D eigenvalue weighted by Gasteiger charge is 2.37. The third kappa shape index (κ3) is 4.31. The molecule has 0 aliphatic carbocycles. The van der Waals surface area contributed by atoms with Gasteiger partial charge in [0, 0.05) is 0 Å².